The summed E-state index contributed by atoms with van der Waals surface area (Å²) in [6, 6.07) is 10.3. The minimum Gasteiger partial charge on any atom is -0.444 e. The summed E-state index contributed by atoms with van der Waals surface area (Å²) in [5.74, 6) is -0.414. The number of hydrogen-bond acceptors (Lipinski definition) is 5. The van der Waals surface area contributed by atoms with E-state index in [-0.39, 0.29) is 23.7 Å². The average molecular weight is 479 g/mol. The number of ether oxygens (including phenoxy) is 1. The predicted octanol–water partition coefficient (Wildman–Crippen LogP) is 5.52. The molecule has 0 spiro atoms. The number of nitrogens with zero attached hydrogens (tertiary/aromatic N) is 2. The van der Waals surface area contributed by atoms with Crippen LogP contribution in [-0.4, -0.2) is 40.6 Å². The number of aromatic nitrogens is 1. The third-order valence-electron chi connectivity index (χ3n) is 6.14. The van der Waals surface area contributed by atoms with E-state index in [0.29, 0.717) is 48.6 Å². The largest absolute Gasteiger partial charge is 0.444 e. The lowest BCUT2D eigenvalue weighted by molar-refractivity contribution is -0.121. The van der Waals surface area contributed by atoms with E-state index in [4.69, 9.17) is 10.5 Å². The fourth-order valence-corrected chi connectivity index (χ4v) is 4.40. The average Bonchev–Trinajstić information content (AvgIpc) is 2.78. The fraction of sp³-hybridized carbons (Fsp3) is 0.370. The Labute approximate surface area is 204 Å². The number of pyridine rings is 1. The zero-order valence-corrected chi connectivity index (χ0v) is 20.5. The van der Waals surface area contributed by atoms with Crippen LogP contribution in [0.1, 0.15) is 39.2 Å². The molecule has 35 heavy (non-hydrogen) atoms. The van der Waals surface area contributed by atoms with Gasteiger partial charge in [0.25, 0.3) is 0 Å². The summed E-state index contributed by atoms with van der Waals surface area (Å²) >= 11 is 0. The number of carbonyl (C=O) groups is 2. The molecule has 1 fully saturated rings. The molecule has 2 amide bonds. The number of aryl methyl sites for hydroxylation is 1. The predicted molar refractivity (Wildman–Crippen MR) is 135 cm³/mol. The molecule has 0 atom stereocenters. The number of halogens is 1. The normalized spacial score (nSPS) is 14.7. The molecule has 2 aromatic carbocycles. The lowest BCUT2D eigenvalue weighted by Gasteiger charge is -2.33. The van der Waals surface area contributed by atoms with Crippen LogP contribution in [0.15, 0.2) is 42.6 Å². The molecule has 7 nitrogen and oxygen atoms in total. The van der Waals surface area contributed by atoms with Gasteiger partial charge in [-0.2, -0.15) is 0 Å². The van der Waals surface area contributed by atoms with Crippen molar-refractivity contribution >= 4 is 34.3 Å². The Morgan fingerprint density at radius 2 is 1.89 bits per heavy atom. The number of rotatable bonds is 3. The number of nitrogens with two attached hydrogens (primary N) is 1. The zero-order chi connectivity index (χ0) is 25.3. The van der Waals surface area contributed by atoms with Crippen LogP contribution in [0.4, 0.5) is 20.7 Å². The van der Waals surface area contributed by atoms with E-state index in [1.165, 1.54) is 6.07 Å². The summed E-state index contributed by atoms with van der Waals surface area (Å²) in [5.41, 5.74) is 7.82. The second kappa shape index (κ2) is 9.52. The molecule has 184 valence electrons. The number of nitrogens with one attached hydrogen (secondary N) is 1. The van der Waals surface area contributed by atoms with E-state index < -0.39 is 5.60 Å². The molecule has 0 aliphatic carbocycles. The smallest absolute Gasteiger partial charge is 0.410 e. The number of piperidine rings is 1. The van der Waals surface area contributed by atoms with Gasteiger partial charge in [-0.25, -0.2) is 14.2 Å². The fourth-order valence-electron chi connectivity index (χ4n) is 4.40. The number of hydrogen-bond donors (Lipinski definition) is 2. The van der Waals surface area contributed by atoms with E-state index in [1.54, 1.807) is 29.3 Å². The van der Waals surface area contributed by atoms with Crippen molar-refractivity contribution in [2.24, 2.45) is 5.92 Å². The van der Waals surface area contributed by atoms with Gasteiger partial charge >= 0.3 is 6.09 Å². The molecule has 0 saturated carbocycles. The van der Waals surface area contributed by atoms with Gasteiger partial charge in [0.15, 0.2) is 0 Å². The van der Waals surface area contributed by atoms with Gasteiger partial charge in [-0.15, -0.1) is 0 Å². The van der Waals surface area contributed by atoms with Crippen molar-refractivity contribution < 1.29 is 18.7 Å². The van der Waals surface area contributed by atoms with Gasteiger partial charge in [-0.3, -0.25) is 4.79 Å². The highest BCUT2D eigenvalue weighted by Gasteiger charge is 2.30. The second-order valence-electron chi connectivity index (χ2n) is 10.0. The van der Waals surface area contributed by atoms with Crippen molar-refractivity contribution in [1.29, 1.82) is 0 Å². The van der Waals surface area contributed by atoms with E-state index >= 15 is 0 Å². The Kier molecular flexibility index (Phi) is 6.65. The third kappa shape index (κ3) is 5.53. The first-order valence-corrected chi connectivity index (χ1v) is 11.8. The Morgan fingerprint density at radius 1 is 1.17 bits per heavy atom. The lowest BCUT2D eigenvalue weighted by Crippen LogP contribution is -2.43. The first-order valence-electron chi connectivity index (χ1n) is 11.8. The summed E-state index contributed by atoms with van der Waals surface area (Å²) in [4.78, 5) is 31.4. The molecular weight excluding hydrogens is 447 g/mol. The monoisotopic (exact) mass is 478 g/mol. The molecule has 1 aromatic heterocycles. The first-order chi connectivity index (χ1) is 16.5. The molecular formula is C27H31FN4O3. The summed E-state index contributed by atoms with van der Waals surface area (Å²) in [6.07, 6.45) is 2.31. The summed E-state index contributed by atoms with van der Waals surface area (Å²) in [7, 11) is 0. The molecule has 0 radical (unpaired) electrons. The van der Waals surface area contributed by atoms with Crippen LogP contribution in [0.25, 0.3) is 21.9 Å². The standard InChI is InChI=1S/C27H31FN4O3/c1-16-6-5-7-21(28)24(16)18-12-19-15-30-23(29)14-20(19)22(13-18)31-25(33)17-8-10-32(11-9-17)26(34)35-27(2,3)4/h5-7,12-15,17H,8-11H2,1-4H3,(H2,29,30)(H,31,33). The van der Waals surface area contributed by atoms with Gasteiger partial charge in [-0.05, 0) is 75.9 Å². The Balaban J connectivity index is 1.58. The molecule has 4 rings (SSSR count). The minimum atomic E-state index is -0.565. The third-order valence-corrected chi connectivity index (χ3v) is 6.14. The number of nitrogen functional groups attached to an aromatic ring is 1. The van der Waals surface area contributed by atoms with Crippen LogP contribution in [0.5, 0.6) is 0 Å². The summed E-state index contributed by atoms with van der Waals surface area (Å²) < 4.78 is 20.2. The quantitative estimate of drug-likeness (QED) is 0.517. The SMILES string of the molecule is Cc1cccc(F)c1-c1cc(NC(=O)C2CCN(C(=O)OC(C)(C)C)CC2)c2cc(N)ncc2c1. The molecule has 2 heterocycles. The first kappa shape index (κ1) is 24.4. The topological polar surface area (TPSA) is 97.5 Å². The van der Waals surface area contributed by atoms with Crippen molar-refractivity contribution in [2.75, 3.05) is 24.1 Å². The van der Waals surface area contributed by atoms with Gasteiger partial charge in [0, 0.05) is 47.2 Å². The maximum atomic E-state index is 14.7. The van der Waals surface area contributed by atoms with Crippen LogP contribution >= 0.6 is 0 Å². The van der Waals surface area contributed by atoms with Crippen molar-refractivity contribution in [1.82, 2.24) is 9.88 Å². The zero-order valence-electron chi connectivity index (χ0n) is 20.5. The number of likely N-dealkylation sites (tertiary alicyclic amines) is 1. The Hall–Kier alpha value is -3.68. The van der Waals surface area contributed by atoms with Crippen LogP contribution < -0.4 is 11.1 Å². The molecule has 0 bridgehead atoms. The van der Waals surface area contributed by atoms with Crippen LogP contribution in [0.2, 0.25) is 0 Å². The van der Waals surface area contributed by atoms with E-state index in [0.717, 1.165) is 16.3 Å². The van der Waals surface area contributed by atoms with Crippen molar-refractivity contribution in [3.8, 4) is 11.1 Å². The number of benzene rings is 2. The number of carbonyl (C=O) groups excluding carboxylic acids is 2. The van der Waals surface area contributed by atoms with Crippen LogP contribution in [0, 0.1) is 18.7 Å². The Morgan fingerprint density at radius 3 is 2.54 bits per heavy atom. The second-order valence-corrected chi connectivity index (χ2v) is 10.0. The maximum Gasteiger partial charge on any atom is 0.410 e. The van der Waals surface area contributed by atoms with Gasteiger partial charge in [0.2, 0.25) is 5.91 Å². The van der Waals surface area contributed by atoms with Gasteiger partial charge in [-0.1, -0.05) is 12.1 Å². The number of amides is 2. The van der Waals surface area contributed by atoms with E-state index in [9.17, 15) is 14.0 Å². The minimum absolute atomic E-state index is 0.145. The van der Waals surface area contributed by atoms with Crippen molar-refractivity contribution in [2.45, 2.75) is 46.1 Å². The highest BCUT2D eigenvalue weighted by molar-refractivity contribution is 6.05. The van der Waals surface area contributed by atoms with Crippen LogP contribution in [-0.2, 0) is 9.53 Å². The summed E-state index contributed by atoms with van der Waals surface area (Å²) in [6.45, 7) is 8.22. The lowest BCUT2D eigenvalue weighted by atomic mass is 9.94. The van der Waals surface area contributed by atoms with E-state index in [1.807, 2.05) is 39.8 Å². The number of fused-ring (bicyclic) bond motifs is 1. The molecule has 1 aliphatic rings. The molecule has 0 unspecified atom stereocenters. The highest BCUT2D eigenvalue weighted by Crippen LogP contribution is 2.35. The Bertz CT molecular complexity index is 1260. The van der Waals surface area contributed by atoms with Crippen molar-refractivity contribution in [3.05, 3.63) is 54.0 Å². The van der Waals surface area contributed by atoms with Gasteiger partial charge in [0.05, 0.1) is 0 Å². The van der Waals surface area contributed by atoms with Gasteiger partial charge in [0.1, 0.15) is 17.2 Å². The molecule has 3 N–H and O–H groups in total. The van der Waals surface area contributed by atoms with E-state index in [2.05, 4.69) is 10.3 Å². The molecule has 1 aliphatic heterocycles. The van der Waals surface area contributed by atoms with Crippen LogP contribution in [0.3, 0.4) is 0 Å². The maximum absolute atomic E-state index is 14.7. The molecule has 8 heteroatoms. The molecule has 3 aromatic rings. The summed E-state index contributed by atoms with van der Waals surface area (Å²) in [5, 5.41) is 4.51. The van der Waals surface area contributed by atoms with Gasteiger partial charge < -0.3 is 20.7 Å². The number of anilines is 2. The highest BCUT2D eigenvalue weighted by atomic mass is 19.1. The molecule has 1 saturated heterocycles. The van der Waals surface area contributed by atoms with Crippen molar-refractivity contribution in [3.63, 3.8) is 0 Å².